The lowest BCUT2D eigenvalue weighted by Gasteiger charge is -2.26. The molecule has 102 valence electrons. The Kier molecular flexibility index (Phi) is 5.44. The van der Waals surface area contributed by atoms with Gasteiger partial charge in [0.1, 0.15) is 11.5 Å². The van der Waals surface area contributed by atoms with Crippen molar-refractivity contribution in [1.82, 2.24) is 0 Å². The second-order valence-electron chi connectivity index (χ2n) is 4.70. The van der Waals surface area contributed by atoms with E-state index in [1.807, 2.05) is 19.9 Å². The molecule has 0 aliphatic rings. The number of hydrogen-bond acceptors (Lipinski definition) is 4. The number of ether oxygens (including phenoxy) is 2. The van der Waals surface area contributed by atoms with Gasteiger partial charge in [-0.1, -0.05) is 13.8 Å². The molecule has 0 amide bonds. The van der Waals surface area contributed by atoms with E-state index in [0.29, 0.717) is 24.0 Å². The monoisotopic (exact) mass is 253 g/mol. The standard InChI is InChI=1S/C14H23NO3/c1-9(2)12(8-15)14(16)11-7-10(17-3)5-6-13(11)18-4/h5-7,9,12,14,16H,8,15H2,1-4H3. The summed E-state index contributed by atoms with van der Waals surface area (Å²) in [6.45, 7) is 4.53. The maximum atomic E-state index is 10.5. The maximum Gasteiger partial charge on any atom is 0.124 e. The van der Waals surface area contributed by atoms with Gasteiger partial charge in [0.05, 0.1) is 20.3 Å². The Hall–Kier alpha value is -1.26. The number of nitrogens with two attached hydrogens (primary N) is 1. The lowest BCUT2D eigenvalue weighted by Crippen LogP contribution is -2.27. The van der Waals surface area contributed by atoms with E-state index in [9.17, 15) is 5.11 Å². The molecule has 0 saturated heterocycles. The zero-order chi connectivity index (χ0) is 13.7. The van der Waals surface area contributed by atoms with Crippen LogP contribution in [0, 0.1) is 11.8 Å². The quantitative estimate of drug-likeness (QED) is 0.813. The van der Waals surface area contributed by atoms with Crippen LogP contribution in [-0.2, 0) is 0 Å². The zero-order valence-corrected chi connectivity index (χ0v) is 11.5. The van der Waals surface area contributed by atoms with Gasteiger partial charge in [0.15, 0.2) is 0 Å². The highest BCUT2D eigenvalue weighted by Gasteiger charge is 2.25. The summed E-state index contributed by atoms with van der Waals surface area (Å²) in [7, 11) is 3.19. The molecule has 0 saturated carbocycles. The molecule has 1 aromatic carbocycles. The van der Waals surface area contributed by atoms with E-state index in [2.05, 4.69) is 0 Å². The summed E-state index contributed by atoms with van der Waals surface area (Å²) >= 11 is 0. The predicted octanol–water partition coefficient (Wildman–Crippen LogP) is 1.97. The van der Waals surface area contributed by atoms with E-state index in [1.165, 1.54) is 0 Å². The Balaban J connectivity index is 3.12. The highest BCUT2D eigenvalue weighted by atomic mass is 16.5. The van der Waals surface area contributed by atoms with Crippen LogP contribution in [0.2, 0.25) is 0 Å². The topological polar surface area (TPSA) is 64.7 Å². The summed E-state index contributed by atoms with van der Waals surface area (Å²) in [6.07, 6.45) is -0.653. The van der Waals surface area contributed by atoms with Crippen LogP contribution in [0.1, 0.15) is 25.5 Å². The van der Waals surface area contributed by atoms with Crippen molar-refractivity contribution in [2.75, 3.05) is 20.8 Å². The van der Waals surface area contributed by atoms with E-state index in [-0.39, 0.29) is 5.92 Å². The van der Waals surface area contributed by atoms with E-state index in [0.717, 1.165) is 5.56 Å². The largest absolute Gasteiger partial charge is 0.497 e. The van der Waals surface area contributed by atoms with Gasteiger partial charge in [-0.25, -0.2) is 0 Å². The Morgan fingerprint density at radius 2 is 1.89 bits per heavy atom. The van der Waals surface area contributed by atoms with E-state index >= 15 is 0 Å². The van der Waals surface area contributed by atoms with Gasteiger partial charge in [-0.15, -0.1) is 0 Å². The first-order valence-electron chi connectivity index (χ1n) is 6.15. The predicted molar refractivity (Wildman–Crippen MR) is 71.9 cm³/mol. The summed E-state index contributed by atoms with van der Waals surface area (Å²) in [6, 6.07) is 5.40. The molecule has 0 spiro atoms. The fourth-order valence-corrected chi connectivity index (χ4v) is 2.07. The fraction of sp³-hybridized carbons (Fsp3) is 0.571. The van der Waals surface area contributed by atoms with Crippen molar-refractivity contribution in [2.24, 2.45) is 17.6 Å². The molecule has 0 bridgehead atoms. The van der Waals surface area contributed by atoms with Crippen molar-refractivity contribution in [3.05, 3.63) is 23.8 Å². The lowest BCUT2D eigenvalue weighted by molar-refractivity contribution is 0.0834. The second-order valence-corrected chi connectivity index (χ2v) is 4.70. The summed E-state index contributed by atoms with van der Waals surface area (Å²) in [4.78, 5) is 0. The first-order chi connectivity index (χ1) is 8.54. The van der Waals surface area contributed by atoms with Crippen LogP contribution in [-0.4, -0.2) is 25.9 Å². The molecule has 4 heteroatoms. The third-order valence-electron chi connectivity index (χ3n) is 3.29. The molecule has 3 N–H and O–H groups in total. The van der Waals surface area contributed by atoms with Crippen LogP contribution in [0.15, 0.2) is 18.2 Å². The van der Waals surface area contributed by atoms with Gasteiger partial charge >= 0.3 is 0 Å². The van der Waals surface area contributed by atoms with Crippen molar-refractivity contribution >= 4 is 0 Å². The van der Waals surface area contributed by atoms with Crippen LogP contribution in [0.3, 0.4) is 0 Å². The van der Waals surface area contributed by atoms with Crippen LogP contribution in [0.5, 0.6) is 11.5 Å². The normalized spacial score (nSPS) is 14.4. The molecular formula is C14H23NO3. The molecule has 0 fully saturated rings. The van der Waals surface area contributed by atoms with Gasteiger partial charge in [-0.05, 0) is 30.7 Å². The SMILES string of the molecule is COc1ccc(OC)c(C(O)C(CN)C(C)C)c1. The average Bonchev–Trinajstić information content (AvgIpc) is 2.38. The Labute approximate surface area is 109 Å². The van der Waals surface area contributed by atoms with Gasteiger partial charge in [0.25, 0.3) is 0 Å². The number of hydrogen-bond donors (Lipinski definition) is 2. The minimum absolute atomic E-state index is 0.00833. The number of aliphatic hydroxyl groups excluding tert-OH is 1. The number of rotatable bonds is 6. The molecule has 1 aromatic rings. The zero-order valence-electron chi connectivity index (χ0n) is 11.5. The fourth-order valence-electron chi connectivity index (χ4n) is 2.07. The molecule has 0 aliphatic heterocycles. The van der Waals surface area contributed by atoms with Crippen molar-refractivity contribution in [1.29, 1.82) is 0 Å². The number of methoxy groups -OCH3 is 2. The van der Waals surface area contributed by atoms with Gasteiger partial charge in [0.2, 0.25) is 0 Å². The van der Waals surface area contributed by atoms with Gasteiger partial charge in [0, 0.05) is 11.5 Å². The molecule has 4 nitrogen and oxygen atoms in total. The average molecular weight is 253 g/mol. The van der Waals surface area contributed by atoms with E-state index in [1.54, 1.807) is 26.4 Å². The third kappa shape index (κ3) is 3.15. The molecular weight excluding hydrogens is 230 g/mol. The van der Waals surface area contributed by atoms with Crippen LogP contribution >= 0.6 is 0 Å². The Bertz CT molecular complexity index is 379. The van der Waals surface area contributed by atoms with Crippen LogP contribution in [0.25, 0.3) is 0 Å². The van der Waals surface area contributed by atoms with Crippen molar-refractivity contribution in [3.8, 4) is 11.5 Å². The summed E-state index contributed by atoms with van der Waals surface area (Å²) in [5.41, 5.74) is 6.47. The molecule has 0 heterocycles. The summed E-state index contributed by atoms with van der Waals surface area (Å²) in [5.74, 6) is 1.64. The molecule has 0 radical (unpaired) electrons. The number of aliphatic hydroxyl groups is 1. The first-order valence-corrected chi connectivity index (χ1v) is 6.15. The lowest BCUT2D eigenvalue weighted by atomic mass is 9.86. The minimum Gasteiger partial charge on any atom is -0.497 e. The van der Waals surface area contributed by atoms with Crippen molar-refractivity contribution < 1.29 is 14.6 Å². The third-order valence-corrected chi connectivity index (χ3v) is 3.29. The first kappa shape index (κ1) is 14.8. The van der Waals surface area contributed by atoms with Crippen molar-refractivity contribution in [2.45, 2.75) is 20.0 Å². The van der Waals surface area contributed by atoms with Gasteiger partial charge < -0.3 is 20.3 Å². The Morgan fingerprint density at radius 3 is 2.33 bits per heavy atom. The molecule has 2 unspecified atom stereocenters. The Morgan fingerprint density at radius 1 is 1.22 bits per heavy atom. The number of benzene rings is 1. The molecule has 1 rings (SSSR count). The second kappa shape index (κ2) is 6.61. The molecule has 0 aromatic heterocycles. The smallest absolute Gasteiger partial charge is 0.124 e. The van der Waals surface area contributed by atoms with E-state index in [4.69, 9.17) is 15.2 Å². The minimum atomic E-state index is -0.653. The van der Waals surface area contributed by atoms with E-state index < -0.39 is 6.10 Å². The highest BCUT2D eigenvalue weighted by Crippen LogP contribution is 2.35. The summed E-state index contributed by atoms with van der Waals surface area (Å²) < 4.78 is 10.5. The van der Waals surface area contributed by atoms with Gasteiger partial charge in [-0.2, -0.15) is 0 Å². The molecule has 0 aliphatic carbocycles. The van der Waals surface area contributed by atoms with Crippen molar-refractivity contribution in [3.63, 3.8) is 0 Å². The summed E-state index contributed by atoms with van der Waals surface area (Å²) in [5, 5.41) is 10.5. The molecule has 18 heavy (non-hydrogen) atoms. The maximum absolute atomic E-state index is 10.5. The highest BCUT2D eigenvalue weighted by molar-refractivity contribution is 5.42. The molecule has 2 atom stereocenters. The van der Waals surface area contributed by atoms with Crippen LogP contribution in [0.4, 0.5) is 0 Å². The van der Waals surface area contributed by atoms with Gasteiger partial charge in [-0.3, -0.25) is 0 Å². The van der Waals surface area contributed by atoms with Crippen LogP contribution < -0.4 is 15.2 Å².